The van der Waals surface area contributed by atoms with E-state index >= 15 is 0 Å². The Kier molecular flexibility index (Phi) is 34.1. The van der Waals surface area contributed by atoms with Crippen LogP contribution in [0.15, 0.2) is 24.3 Å². The minimum absolute atomic E-state index is 0.175. The summed E-state index contributed by atoms with van der Waals surface area (Å²) in [5, 5.41) is 9.54. The molecule has 1 unspecified atom stereocenters. The highest BCUT2D eigenvalue weighted by atomic mass is 16.6. The fourth-order valence-electron chi connectivity index (χ4n) is 5.02. The van der Waals surface area contributed by atoms with Crippen molar-refractivity contribution in [3.63, 3.8) is 0 Å². The molecule has 1 N–H and O–H groups in total. The maximum absolute atomic E-state index is 12.1. The average Bonchev–Trinajstić information content (AvgIpc) is 2.98. The molecule has 0 aliphatic rings. The third kappa shape index (κ3) is 33.2. The van der Waals surface area contributed by atoms with Crippen LogP contribution in [0.1, 0.15) is 181 Å². The molecule has 41 heavy (non-hydrogen) atoms. The van der Waals surface area contributed by atoms with E-state index in [0.29, 0.717) is 19.6 Å². The SMILES string of the molecule is CCCCC/C=C\CCCCCCCCOCC(CO)OC(=O)CCCCCCC/C=C\CCCCCCCCC. The van der Waals surface area contributed by atoms with Gasteiger partial charge in [-0.05, 0) is 64.2 Å². The van der Waals surface area contributed by atoms with Crippen LogP contribution in [-0.2, 0) is 14.3 Å². The highest BCUT2D eigenvalue weighted by Gasteiger charge is 2.13. The Morgan fingerprint density at radius 1 is 0.561 bits per heavy atom. The third-order valence-electron chi connectivity index (χ3n) is 7.75. The van der Waals surface area contributed by atoms with Crippen molar-refractivity contribution in [1.82, 2.24) is 0 Å². The van der Waals surface area contributed by atoms with Gasteiger partial charge in [-0.1, -0.05) is 134 Å². The monoisotopic (exact) mass is 579 g/mol. The van der Waals surface area contributed by atoms with Crippen molar-refractivity contribution < 1.29 is 19.4 Å². The molecule has 0 radical (unpaired) electrons. The molecule has 0 saturated carbocycles. The number of unbranched alkanes of at least 4 members (excludes halogenated alkanes) is 21. The Morgan fingerprint density at radius 2 is 0.951 bits per heavy atom. The molecule has 4 heteroatoms. The molecule has 0 rings (SSSR count). The predicted octanol–water partition coefficient (Wildman–Crippen LogP) is 11.2. The minimum atomic E-state index is -0.537. The molecule has 4 nitrogen and oxygen atoms in total. The molecule has 0 spiro atoms. The van der Waals surface area contributed by atoms with Gasteiger partial charge in [-0.25, -0.2) is 0 Å². The van der Waals surface area contributed by atoms with Crippen molar-refractivity contribution in [1.29, 1.82) is 0 Å². The second kappa shape index (κ2) is 35.1. The molecule has 242 valence electrons. The fourth-order valence-corrected chi connectivity index (χ4v) is 5.02. The lowest BCUT2D eigenvalue weighted by molar-refractivity contribution is -0.154. The van der Waals surface area contributed by atoms with Crippen molar-refractivity contribution in [3.05, 3.63) is 24.3 Å². The van der Waals surface area contributed by atoms with Crippen LogP contribution in [0.3, 0.4) is 0 Å². The molecular formula is C37H70O4. The second-order valence-corrected chi connectivity index (χ2v) is 11.9. The first-order valence-corrected chi connectivity index (χ1v) is 17.9. The van der Waals surface area contributed by atoms with E-state index in [-0.39, 0.29) is 12.6 Å². The van der Waals surface area contributed by atoms with Gasteiger partial charge in [0.15, 0.2) is 0 Å². The summed E-state index contributed by atoms with van der Waals surface area (Å²) in [7, 11) is 0. The molecule has 0 bridgehead atoms. The molecule has 0 amide bonds. The summed E-state index contributed by atoms with van der Waals surface area (Å²) in [4.78, 5) is 12.1. The number of allylic oxidation sites excluding steroid dienone is 4. The number of esters is 1. The van der Waals surface area contributed by atoms with Crippen LogP contribution in [-0.4, -0.2) is 37.0 Å². The van der Waals surface area contributed by atoms with E-state index in [9.17, 15) is 9.90 Å². The van der Waals surface area contributed by atoms with Gasteiger partial charge in [0.1, 0.15) is 6.10 Å². The van der Waals surface area contributed by atoms with Gasteiger partial charge in [-0.3, -0.25) is 4.79 Å². The fraction of sp³-hybridized carbons (Fsp3) is 0.865. The van der Waals surface area contributed by atoms with Gasteiger partial charge in [-0.15, -0.1) is 0 Å². The van der Waals surface area contributed by atoms with E-state index in [1.807, 2.05) is 0 Å². The van der Waals surface area contributed by atoms with Gasteiger partial charge in [-0.2, -0.15) is 0 Å². The lowest BCUT2D eigenvalue weighted by Gasteiger charge is -2.15. The van der Waals surface area contributed by atoms with Crippen LogP contribution in [0.5, 0.6) is 0 Å². The first-order valence-electron chi connectivity index (χ1n) is 17.9. The van der Waals surface area contributed by atoms with E-state index in [1.165, 1.54) is 141 Å². The smallest absolute Gasteiger partial charge is 0.306 e. The van der Waals surface area contributed by atoms with Crippen LogP contribution in [0.2, 0.25) is 0 Å². The van der Waals surface area contributed by atoms with E-state index in [4.69, 9.17) is 9.47 Å². The van der Waals surface area contributed by atoms with Crippen LogP contribution >= 0.6 is 0 Å². The Labute approximate surface area is 256 Å². The summed E-state index contributed by atoms with van der Waals surface area (Å²) in [6, 6.07) is 0. The lowest BCUT2D eigenvalue weighted by Crippen LogP contribution is -2.27. The van der Waals surface area contributed by atoms with Gasteiger partial charge in [0.05, 0.1) is 13.2 Å². The summed E-state index contributed by atoms with van der Waals surface area (Å²) in [6.45, 7) is 5.31. The van der Waals surface area contributed by atoms with Gasteiger partial charge in [0.25, 0.3) is 0 Å². The third-order valence-corrected chi connectivity index (χ3v) is 7.75. The molecule has 0 aliphatic carbocycles. The first-order chi connectivity index (χ1) is 20.2. The highest BCUT2D eigenvalue weighted by Crippen LogP contribution is 2.12. The maximum atomic E-state index is 12.1. The van der Waals surface area contributed by atoms with E-state index in [0.717, 1.165) is 19.3 Å². The molecule has 1 atom stereocenters. The van der Waals surface area contributed by atoms with Crippen molar-refractivity contribution in [2.24, 2.45) is 0 Å². The Hall–Kier alpha value is -1.13. The zero-order valence-electron chi connectivity index (χ0n) is 27.6. The standard InChI is InChI=1S/C37H70O4/c1-3-5-7-9-11-13-15-17-18-19-20-22-24-26-28-30-32-37(39)41-36(34-38)35-40-33-31-29-27-25-23-21-16-14-12-10-8-6-4-2/h12,14,18-19,36,38H,3-11,13,15-17,20-35H2,1-2H3/b14-12-,19-18-. The number of rotatable bonds is 33. The molecule has 0 aromatic carbocycles. The van der Waals surface area contributed by atoms with Gasteiger partial charge in [0.2, 0.25) is 0 Å². The van der Waals surface area contributed by atoms with Crippen LogP contribution in [0.4, 0.5) is 0 Å². The molecule has 0 saturated heterocycles. The number of carbonyl (C=O) groups is 1. The second-order valence-electron chi connectivity index (χ2n) is 11.9. The summed E-state index contributed by atoms with van der Waals surface area (Å²) in [5.41, 5.74) is 0. The summed E-state index contributed by atoms with van der Waals surface area (Å²) >= 11 is 0. The molecule has 0 aromatic rings. The maximum Gasteiger partial charge on any atom is 0.306 e. The number of aliphatic hydroxyl groups excluding tert-OH is 1. The Morgan fingerprint density at radius 3 is 1.44 bits per heavy atom. The highest BCUT2D eigenvalue weighted by molar-refractivity contribution is 5.69. The Bertz CT molecular complexity index is 571. The summed E-state index contributed by atoms with van der Waals surface area (Å²) < 4.78 is 11.1. The molecular weight excluding hydrogens is 508 g/mol. The first kappa shape index (κ1) is 39.9. The number of hydrogen-bond acceptors (Lipinski definition) is 4. The molecule has 0 aliphatic heterocycles. The zero-order chi connectivity index (χ0) is 29.9. The zero-order valence-corrected chi connectivity index (χ0v) is 27.6. The minimum Gasteiger partial charge on any atom is -0.457 e. The van der Waals surface area contributed by atoms with Gasteiger partial charge < -0.3 is 14.6 Å². The number of hydrogen-bond donors (Lipinski definition) is 1. The van der Waals surface area contributed by atoms with Crippen molar-refractivity contribution >= 4 is 5.97 Å². The quantitative estimate of drug-likeness (QED) is 0.0478. The topological polar surface area (TPSA) is 55.8 Å². The lowest BCUT2D eigenvalue weighted by atomic mass is 10.1. The number of aliphatic hydroxyl groups is 1. The van der Waals surface area contributed by atoms with Gasteiger partial charge >= 0.3 is 5.97 Å². The molecule has 0 heterocycles. The van der Waals surface area contributed by atoms with Gasteiger partial charge in [0, 0.05) is 13.0 Å². The largest absolute Gasteiger partial charge is 0.457 e. The van der Waals surface area contributed by atoms with Crippen molar-refractivity contribution in [3.8, 4) is 0 Å². The molecule has 0 aromatic heterocycles. The van der Waals surface area contributed by atoms with Crippen LogP contribution < -0.4 is 0 Å². The summed E-state index contributed by atoms with van der Waals surface area (Å²) in [6.07, 6.45) is 40.7. The molecule has 0 fully saturated rings. The van der Waals surface area contributed by atoms with Crippen LogP contribution in [0, 0.1) is 0 Å². The van der Waals surface area contributed by atoms with Crippen molar-refractivity contribution in [2.75, 3.05) is 19.8 Å². The van der Waals surface area contributed by atoms with Crippen molar-refractivity contribution in [2.45, 2.75) is 187 Å². The number of ether oxygens (including phenoxy) is 2. The van der Waals surface area contributed by atoms with E-state index in [2.05, 4.69) is 38.2 Å². The Balaban J connectivity index is 3.46. The predicted molar refractivity (Wildman–Crippen MR) is 177 cm³/mol. The van der Waals surface area contributed by atoms with E-state index in [1.54, 1.807) is 0 Å². The normalized spacial score (nSPS) is 12.6. The van der Waals surface area contributed by atoms with Crippen LogP contribution in [0.25, 0.3) is 0 Å². The average molecular weight is 579 g/mol. The van der Waals surface area contributed by atoms with E-state index < -0.39 is 6.10 Å². The summed E-state index contributed by atoms with van der Waals surface area (Å²) in [5.74, 6) is -0.211. The number of carbonyl (C=O) groups excluding carboxylic acids is 1.